The fourth-order valence-corrected chi connectivity index (χ4v) is 1.63. The van der Waals surface area contributed by atoms with E-state index in [1.807, 2.05) is 6.92 Å². The highest BCUT2D eigenvalue weighted by atomic mass is 19.1. The molecule has 19 heavy (non-hydrogen) atoms. The Morgan fingerprint density at radius 1 is 1.47 bits per heavy atom. The Morgan fingerprint density at radius 3 is 3.00 bits per heavy atom. The number of anilines is 1. The second kappa shape index (κ2) is 5.95. The molecule has 4 nitrogen and oxygen atoms in total. The minimum Gasteiger partial charge on any atom is -0.307 e. The van der Waals surface area contributed by atoms with Gasteiger partial charge in [-0.25, -0.2) is 4.39 Å². The number of aromatic nitrogens is 2. The molecule has 2 rings (SSSR count). The standard InChI is InChI=1S/C14H14FN3O/c1-2-10-9-16-18-14(10)17-13(19)8-7-11-5-3-4-6-12(11)15/h3-9H,2H2,1H3,(H2,16,17,18,19)/b8-7+. The summed E-state index contributed by atoms with van der Waals surface area (Å²) in [6.45, 7) is 1.97. The van der Waals surface area contributed by atoms with Gasteiger partial charge in [-0.05, 0) is 18.6 Å². The zero-order valence-corrected chi connectivity index (χ0v) is 10.5. The van der Waals surface area contributed by atoms with Gasteiger partial charge in [0.1, 0.15) is 11.6 Å². The molecule has 0 fully saturated rings. The van der Waals surface area contributed by atoms with Gasteiger partial charge in [0.2, 0.25) is 5.91 Å². The van der Waals surface area contributed by atoms with Gasteiger partial charge in [0.15, 0.2) is 0 Å². The molecule has 0 aliphatic heterocycles. The molecule has 0 spiro atoms. The van der Waals surface area contributed by atoms with E-state index in [1.54, 1.807) is 24.4 Å². The lowest BCUT2D eigenvalue weighted by Gasteiger charge is -2.01. The molecule has 1 aromatic heterocycles. The van der Waals surface area contributed by atoms with Crippen molar-refractivity contribution in [2.45, 2.75) is 13.3 Å². The Bertz CT molecular complexity index is 604. The van der Waals surface area contributed by atoms with Crippen LogP contribution in [-0.4, -0.2) is 16.1 Å². The van der Waals surface area contributed by atoms with Gasteiger partial charge in [0.05, 0.1) is 6.20 Å². The van der Waals surface area contributed by atoms with Crippen LogP contribution in [0.15, 0.2) is 36.5 Å². The second-order valence-electron chi connectivity index (χ2n) is 3.97. The van der Waals surface area contributed by atoms with Crippen LogP contribution in [0, 0.1) is 5.82 Å². The van der Waals surface area contributed by atoms with Crippen molar-refractivity contribution < 1.29 is 9.18 Å². The number of benzene rings is 1. The largest absolute Gasteiger partial charge is 0.307 e. The quantitative estimate of drug-likeness (QED) is 0.829. The first-order chi connectivity index (χ1) is 9.20. The number of carbonyl (C=O) groups is 1. The summed E-state index contributed by atoms with van der Waals surface area (Å²) in [5, 5.41) is 9.23. The van der Waals surface area contributed by atoms with Crippen LogP contribution < -0.4 is 5.32 Å². The van der Waals surface area contributed by atoms with E-state index in [2.05, 4.69) is 15.5 Å². The van der Waals surface area contributed by atoms with Crippen molar-refractivity contribution in [3.63, 3.8) is 0 Å². The molecule has 0 aliphatic rings. The van der Waals surface area contributed by atoms with Gasteiger partial charge in [-0.3, -0.25) is 9.89 Å². The van der Waals surface area contributed by atoms with Crippen LogP contribution in [0.2, 0.25) is 0 Å². The zero-order chi connectivity index (χ0) is 13.7. The highest BCUT2D eigenvalue weighted by Crippen LogP contribution is 2.12. The molecule has 2 N–H and O–H groups in total. The molecule has 0 radical (unpaired) electrons. The summed E-state index contributed by atoms with van der Waals surface area (Å²) < 4.78 is 13.3. The summed E-state index contributed by atoms with van der Waals surface area (Å²) in [5.41, 5.74) is 1.30. The Kier molecular flexibility index (Phi) is 4.07. The lowest BCUT2D eigenvalue weighted by Crippen LogP contribution is -2.09. The number of amides is 1. The van der Waals surface area contributed by atoms with E-state index < -0.39 is 0 Å². The van der Waals surface area contributed by atoms with E-state index in [4.69, 9.17) is 0 Å². The average Bonchev–Trinajstić information content (AvgIpc) is 2.85. The molecule has 0 bridgehead atoms. The molecule has 0 unspecified atom stereocenters. The summed E-state index contributed by atoms with van der Waals surface area (Å²) in [5.74, 6) is -0.116. The lowest BCUT2D eigenvalue weighted by atomic mass is 10.2. The van der Waals surface area contributed by atoms with E-state index >= 15 is 0 Å². The van der Waals surface area contributed by atoms with Crippen LogP contribution in [0.4, 0.5) is 10.2 Å². The molecule has 1 amide bonds. The lowest BCUT2D eigenvalue weighted by molar-refractivity contribution is -0.111. The number of hydrogen-bond acceptors (Lipinski definition) is 2. The van der Waals surface area contributed by atoms with E-state index in [-0.39, 0.29) is 11.7 Å². The van der Waals surface area contributed by atoms with Crippen molar-refractivity contribution in [2.24, 2.45) is 0 Å². The molecular formula is C14H14FN3O. The predicted molar refractivity (Wildman–Crippen MR) is 72.0 cm³/mol. The summed E-state index contributed by atoms with van der Waals surface area (Å²) in [4.78, 5) is 11.7. The maximum Gasteiger partial charge on any atom is 0.249 e. The number of aromatic amines is 1. The normalized spacial score (nSPS) is 10.8. The van der Waals surface area contributed by atoms with E-state index in [9.17, 15) is 9.18 Å². The number of nitrogens with zero attached hydrogens (tertiary/aromatic N) is 1. The average molecular weight is 259 g/mol. The summed E-state index contributed by atoms with van der Waals surface area (Å²) in [6.07, 6.45) is 5.16. The van der Waals surface area contributed by atoms with Crippen LogP contribution in [0.3, 0.4) is 0 Å². The van der Waals surface area contributed by atoms with Crippen LogP contribution >= 0.6 is 0 Å². The molecule has 0 atom stereocenters. The van der Waals surface area contributed by atoms with Crippen molar-refractivity contribution in [1.29, 1.82) is 0 Å². The van der Waals surface area contributed by atoms with E-state index in [1.165, 1.54) is 18.2 Å². The topological polar surface area (TPSA) is 57.8 Å². The number of rotatable bonds is 4. The van der Waals surface area contributed by atoms with Crippen molar-refractivity contribution in [2.75, 3.05) is 5.32 Å². The molecule has 0 saturated heterocycles. The minimum atomic E-state index is -0.359. The highest BCUT2D eigenvalue weighted by molar-refractivity contribution is 6.01. The van der Waals surface area contributed by atoms with Gasteiger partial charge in [0, 0.05) is 17.2 Å². The predicted octanol–water partition coefficient (Wildman–Crippen LogP) is 2.76. The first-order valence-corrected chi connectivity index (χ1v) is 5.96. The van der Waals surface area contributed by atoms with Crippen molar-refractivity contribution >= 4 is 17.8 Å². The van der Waals surface area contributed by atoms with Gasteiger partial charge in [-0.15, -0.1) is 0 Å². The van der Waals surface area contributed by atoms with Crippen LogP contribution in [-0.2, 0) is 11.2 Å². The number of halogens is 1. The maximum atomic E-state index is 13.3. The van der Waals surface area contributed by atoms with Crippen molar-refractivity contribution in [1.82, 2.24) is 10.2 Å². The second-order valence-corrected chi connectivity index (χ2v) is 3.97. The fourth-order valence-electron chi connectivity index (χ4n) is 1.63. The van der Waals surface area contributed by atoms with Gasteiger partial charge in [-0.2, -0.15) is 5.10 Å². The van der Waals surface area contributed by atoms with Gasteiger partial charge in [-0.1, -0.05) is 25.1 Å². The van der Waals surface area contributed by atoms with Gasteiger partial charge in [0.25, 0.3) is 0 Å². The SMILES string of the molecule is CCc1cn[nH]c1NC(=O)/C=C/c1ccccc1F. The monoisotopic (exact) mass is 259 g/mol. The first-order valence-electron chi connectivity index (χ1n) is 5.96. The Balaban J connectivity index is 2.04. The number of carbonyl (C=O) groups excluding carboxylic acids is 1. The smallest absolute Gasteiger partial charge is 0.249 e. The fraction of sp³-hybridized carbons (Fsp3) is 0.143. The van der Waals surface area contributed by atoms with Crippen LogP contribution in [0.1, 0.15) is 18.1 Å². The summed E-state index contributed by atoms with van der Waals surface area (Å²) in [6, 6.07) is 6.27. The van der Waals surface area contributed by atoms with E-state index in [0.717, 1.165) is 12.0 Å². The Morgan fingerprint density at radius 2 is 2.26 bits per heavy atom. The minimum absolute atomic E-state index is 0.331. The van der Waals surface area contributed by atoms with Crippen molar-refractivity contribution in [3.05, 3.63) is 53.5 Å². The maximum absolute atomic E-state index is 13.3. The third-order valence-corrected chi connectivity index (χ3v) is 2.67. The van der Waals surface area contributed by atoms with Gasteiger partial charge < -0.3 is 5.32 Å². The number of nitrogens with one attached hydrogen (secondary N) is 2. The van der Waals surface area contributed by atoms with Gasteiger partial charge >= 0.3 is 0 Å². The molecule has 1 heterocycles. The summed E-state index contributed by atoms with van der Waals surface area (Å²) in [7, 11) is 0. The summed E-state index contributed by atoms with van der Waals surface area (Å²) >= 11 is 0. The van der Waals surface area contributed by atoms with Crippen LogP contribution in [0.5, 0.6) is 0 Å². The molecular weight excluding hydrogens is 245 g/mol. The molecule has 1 aromatic carbocycles. The van der Waals surface area contributed by atoms with E-state index in [0.29, 0.717) is 11.4 Å². The molecule has 0 saturated carbocycles. The first kappa shape index (κ1) is 13.0. The molecule has 5 heteroatoms. The van der Waals surface area contributed by atoms with Crippen LogP contribution in [0.25, 0.3) is 6.08 Å². The van der Waals surface area contributed by atoms with Crippen molar-refractivity contribution in [3.8, 4) is 0 Å². The Labute approximate surface area is 110 Å². The molecule has 0 aliphatic carbocycles. The molecule has 2 aromatic rings. The number of aryl methyl sites for hydroxylation is 1. The zero-order valence-electron chi connectivity index (χ0n) is 10.5. The molecule has 98 valence electrons. The number of hydrogen-bond donors (Lipinski definition) is 2. The highest BCUT2D eigenvalue weighted by Gasteiger charge is 2.05. The third-order valence-electron chi connectivity index (χ3n) is 2.67. The number of H-pyrrole nitrogens is 1. The third kappa shape index (κ3) is 3.28. The Hall–Kier alpha value is -2.43.